The van der Waals surface area contributed by atoms with Crippen LogP contribution >= 0.6 is 11.3 Å². The first kappa shape index (κ1) is 14.3. The van der Waals surface area contributed by atoms with Crippen molar-refractivity contribution in [3.8, 4) is 0 Å². The van der Waals surface area contributed by atoms with Crippen molar-refractivity contribution in [3.05, 3.63) is 52.6 Å². The highest BCUT2D eigenvalue weighted by molar-refractivity contribution is 7.10. The van der Waals surface area contributed by atoms with Crippen LogP contribution in [0.4, 0.5) is 0 Å². The van der Waals surface area contributed by atoms with Gasteiger partial charge in [0.2, 0.25) is 0 Å². The van der Waals surface area contributed by atoms with Crippen LogP contribution in [-0.4, -0.2) is 31.7 Å². The fraction of sp³-hybridized carbons (Fsp3) is 0.312. The summed E-state index contributed by atoms with van der Waals surface area (Å²) in [6.07, 6.45) is 4.58. The molecule has 0 bridgehead atoms. The number of aliphatic hydroxyl groups excluding tert-OH is 1. The highest BCUT2D eigenvalue weighted by Crippen LogP contribution is 2.39. The average Bonchev–Trinajstić information content (AvgIpc) is 3.19. The largest absolute Gasteiger partial charge is 0.393 e. The van der Waals surface area contributed by atoms with Gasteiger partial charge in [-0.25, -0.2) is 0 Å². The maximum Gasteiger partial charge on any atom is 0.255 e. The fourth-order valence-electron chi connectivity index (χ4n) is 3.04. The highest BCUT2D eigenvalue weighted by atomic mass is 32.1. The molecule has 23 heavy (non-hydrogen) atoms. The second kappa shape index (κ2) is 5.75. The molecule has 1 saturated carbocycles. The third-order valence-corrected chi connectivity index (χ3v) is 5.28. The molecule has 0 spiro atoms. The summed E-state index contributed by atoms with van der Waals surface area (Å²) >= 11 is 1.62. The first-order chi connectivity index (χ1) is 11.2. The van der Waals surface area contributed by atoms with E-state index >= 15 is 0 Å². The molecule has 4 rings (SSSR count). The number of nitrogens with one attached hydrogen (secondary N) is 1. The van der Waals surface area contributed by atoms with Gasteiger partial charge < -0.3 is 10.4 Å². The van der Waals surface area contributed by atoms with Gasteiger partial charge >= 0.3 is 0 Å². The molecular weight excluding hydrogens is 312 g/mol. The molecule has 1 aliphatic rings. The Morgan fingerprint density at radius 1 is 1.39 bits per heavy atom. The van der Waals surface area contributed by atoms with E-state index in [1.165, 1.54) is 0 Å². The van der Waals surface area contributed by atoms with Gasteiger partial charge in [0.25, 0.3) is 5.91 Å². The number of thiophene rings is 1. The predicted octanol–water partition coefficient (Wildman–Crippen LogP) is 2.03. The van der Waals surface area contributed by atoms with E-state index in [4.69, 9.17) is 0 Å². The zero-order valence-corrected chi connectivity index (χ0v) is 13.1. The van der Waals surface area contributed by atoms with Crippen LogP contribution in [0.2, 0.25) is 0 Å². The highest BCUT2D eigenvalue weighted by Gasteiger charge is 2.36. The van der Waals surface area contributed by atoms with Gasteiger partial charge in [0.15, 0.2) is 5.65 Å². The topological polar surface area (TPSA) is 79.5 Å². The number of carbonyl (C=O) groups is 1. The Hall–Kier alpha value is -2.25. The number of rotatable bonds is 4. The van der Waals surface area contributed by atoms with Crippen LogP contribution in [-0.2, 0) is 0 Å². The van der Waals surface area contributed by atoms with E-state index in [-0.39, 0.29) is 24.0 Å². The Kier molecular flexibility index (Phi) is 3.59. The maximum absolute atomic E-state index is 12.7. The molecule has 118 valence electrons. The summed E-state index contributed by atoms with van der Waals surface area (Å²) < 4.78 is 1.72. The van der Waals surface area contributed by atoms with Gasteiger partial charge in [-0.05, 0) is 42.3 Å². The zero-order chi connectivity index (χ0) is 15.8. The van der Waals surface area contributed by atoms with Gasteiger partial charge in [0.05, 0.1) is 17.7 Å². The number of hydrogen-bond acceptors (Lipinski definition) is 5. The van der Waals surface area contributed by atoms with Crippen LogP contribution in [0.15, 0.2) is 42.2 Å². The Morgan fingerprint density at radius 2 is 2.26 bits per heavy atom. The van der Waals surface area contributed by atoms with Crippen molar-refractivity contribution in [3.63, 3.8) is 0 Å². The lowest BCUT2D eigenvalue weighted by Gasteiger charge is -2.37. The third-order valence-electron chi connectivity index (χ3n) is 4.33. The molecule has 3 aromatic rings. The van der Waals surface area contributed by atoms with Gasteiger partial charge in [-0.15, -0.1) is 21.5 Å². The lowest BCUT2D eigenvalue weighted by Crippen LogP contribution is -2.41. The molecule has 1 aliphatic carbocycles. The Balaban J connectivity index is 1.61. The standard InChI is InChI=1S/C16H16N4O2S/c21-11-7-10(8-11)14(13-4-2-6-23-13)18-16(22)12-3-1-5-20-9-17-19-15(12)20/h1-6,9-11,14,21H,7-8H2,(H,18,22). The van der Waals surface area contributed by atoms with Crippen molar-refractivity contribution in [1.29, 1.82) is 0 Å². The van der Waals surface area contributed by atoms with E-state index in [1.54, 1.807) is 34.2 Å². The second-order valence-corrected chi connectivity index (χ2v) is 6.81. The molecule has 3 heterocycles. The van der Waals surface area contributed by atoms with Gasteiger partial charge in [-0.2, -0.15) is 0 Å². The lowest BCUT2D eigenvalue weighted by atomic mass is 9.76. The Labute approximate surface area is 136 Å². The molecule has 1 amide bonds. The van der Waals surface area contributed by atoms with Gasteiger partial charge in [0, 0.05) is 11.1 Å². The first-order valence-electron chi connectivity index (χ1n) is 7.53. The van der Waals surface area contributed by atoms with Crippen LogP contribution in [0.1, 0.15) is 34.1 Å². The molecule has 7 heteroatoms. The molecule has 6 nitrogen and oxygen atoms in total. The normalized spacial score (nSPS) is 21.8. The van der Waals surface area contributed by atoms with Gasteiger partial charge in [0.1, 0.15) is 6.33 Å². The molecule has 2 N–H and O–H groups in total. The minimum Gasteiger partial charge on any atom is -0.393 e. The summed E-state index contributed by atoms with van der Waals surface area (Å²) in [4.78, 5) is 13.9. The lowest BCUT2D eigenvalue weighted by molar-refractivity contribution is 0.0241. The number of fused-ring (bicyclic) bond motifs is 1. The van der Waals surface area contributed by atoms with Crippen molar-refractivity contribution < 1.29 is 9.90 Å². The van der Waals surface area contributed by atoms with Crippen molar-refractivity contribution in [2.75, 3.05) is 0 Å². The predicted molar refractivity (Wildman–Crippen MR) is 86.2 cm³/mol. The molecule has 3 aromatic heterocycles. The Bertz CT molecular complexity index is 824. The van der Waals surface area contributed by atoms with Crippen LogP contribution in [0, 0.1) is 5.92 Å². The Morgan fingerprint density at radius 3 is 3.00 bits per heavy atom. The monoisotopic (exact) mass is 328 g/mol. The number of aliphatic hydroxyl groups is 1. The summed E-state index contributed by atoms with van der Waals surface area (Å²) in [7, 11) is 0. The van der Waals surface area contributed by atoms with E-state index in [0.29, 0.717) is 11.2 Å². The smallest absolute Gasteiger partial charge is 0.255 e. The number of aromatic nitrogens is 3. The summed E-state index contributed by atoms with van der Waals surface area (Å²) in [5, 5.41) is 22.6. The molecule has 0 aromatic carbocycles. The summed E-state index contributed by atoms with van der Waals surface area (Å²) in [6.45, 7) is 0. The molecule has 1 atom stereocenters. The quantitative estimate of drug-likeness (QED) is 0.768. The van der Waals surface area contributed by atoms with Gasteiger partial charge in [-0.3, -0.25) is 9.20 Å². The van der Waals surface area contributed by atoms with E-state index in [1.807, 2.05) is 23.7 Å². The van der Waals surface area contributed by atoms with Crippen molar-refractivity contribution in [1.82, 2.24) is 19.9 Å². The van der Waals surface area contributed by atoms with E-state index in [9.17, 15) is 9.90 Å². The fourth-order valence-corrected chi connectivity index (χ4v) is 3.91. The summed E-state index contributed by atoms with van der Waals surface area (Å²) in [5.41, 5.74) is 1.05. The van der Waals surface area contributed by atoms with Crippen molar-refractivity contribution >= 4 is 22.9 Å². The molecule has 0 aliphatic heterocycles. The van der Waals surface area contributed by atoms with E-state index in [0.717, 1.165) is 17.7 Å². The number of carbonyl (C=O) groups excluding carboxylic acids is 1. The average molecular weight is 328 g/mol. The molecule has 1 unspecified atom stereocenters. The first-order valence-corrected chi connectivity index (χ1v) is 8.41. The summed E-state index contributed by atoms with van der Waals surface area (Å²) in [6, 6.07) is 7.49. The minimum absolute atomic E-state index is 0.0749. The summed E-state index contributed by atoms with van der Waals surface area (Å²) in [5.74, 6) is 0.105. The van der Waals surface area contributed by atoms with Crippen LogP contribution in [0.3, 0.4) is 0 Å². The van der Waals surface area contributed by atoms with Crippen LogP contribution in [0.5, 0.6) is 0 Å². The molecular formula is C16H16N4O2S. The van der Waals surface area contributed by atoms with Crippen molar-refractivity contribution in [2.45, 2.75) is 25.0 Å². The maximum atomic E-state index is 12.7. The van der Waals surface area contributed by atoms with E-state index < -0.39 is 0 Å². The number of pyridine rings is 1. The SMILES string of the molecule is O=C(NC(c1cccs1)C1CC(O)C1)c1cccn2cnnc12. The molecule has 1 fully saturated rings. The van der Waals surface area contributed by atoms with Gasteiger partial charge in [-0.1, -0.05) is 6.07 Å². The number of amides is 1. The number of nitrogens with zero attached hydrogens (tertiary/aromatic N) is 3. The number of hydrogen-bond donors (Lipinski definition) is 2. The van der Waals surface area contributed by atoms with E-state index in [2.05, 4.69) is 15.5 Å². The molecule has 0 radical (unpaired) electrons. The zero-order valence-electron chi connectivity index (χ0n) is 12.3. The van der Waals surface area contributed by atoms with Crippen LogP contribution < -0.4 is 5.32 Å². The minimum atomic E-state index is -0.251. The van der Waals surface area contributed by atoms with Crippen molar-refractivity contribution in [2.24, 2.45) is 5.92 Å². The third kappa shape index (κ3) is 2.62. The molecule has 0 saturated heterocycles. The second-order valence-electron chi connectivity index (χ2n) is 5.84. The van der Waals surface area contributed by atoms with Crippen LogP contribution in [0.25, 0.3) is 5.65 Å².